The first-order chi connectivity index (χ1) is 8.77. The van der Waals surface area contributed by atoms with Crippen LogP contribution in [0.1, 0.15) is 11.3 Å². The quantitative estimate of drug-likeness (QED) is 0.809. The van der Waals surface area contributed by atoms with Gasteiger partial charge in [0.2, 0.25) is 0 Å². The second-order valence-electron chi connectivity index (χ2n) is 3.96. The number of fused-ring (bicyclic) bond motifs is 1. The zero-order valence-electron chi connectivity index (χ0n) is 9.99. The highest BCUT2D eigenvalue weighted by Gasteiger charge is 2.36. The first-order valence-electron chi connectivity index (χ1n) is 5.30. The first-order valence-corrected chi connectivity index (χ1v) is 6.06. The Bertz CT molecular complexity index is 654. The molecular formula is C12H9Cl2F3N2. The van der Waals surface area contributed by atoms with Gasteiger partial charge < -0.3 is 5.32 Å². The molecule has 0 aliphatic rings. The van der Waals surface area contributed by atoms with Crippen LogP contribution in [0.15, 0.2) is 12.1 Å². The lowest BCUT2D eigenvalue weighted by molar-refractivity contribution is -0.141. The maximum Gasteiger partial charge on any atom is 0.433 e. The van der Waals surface area contributed by atoms with Gasteiger partial charge in [-0.15, -0.1) is 0 Å². The molecule has 0 fully saturated rings. The van der Waals surface area contributed by atoms with Gasteiger partial charge in [0, 0.05) is 23.7 Å². The van der Waals surface area contributed by atoms with Gasteiger partial charge in [-0.3, -0.25) is 0 Å². The maximum absolute atomic E-state index is 13.0. The van der Waals surface area contributed by atoms with Crippen LogP contribution in [0, 0.1) is 6.92 Å². The highest BCUT2D eigenvalue weighted by atomic mass is 35.5. The summed E-state index contributed by atoms with van der Waals surface area (Å²) < 4.78 is 38.9. The smallest absolute Gasteiger partial charge is 0.387 e. The van der Waals surface area contributed by atoms with Crippen LogP contribution in [0.2, 0.25) is 10.0 Å². The molecule has 0 atom stereocenters. The van der Waals surface area contributed by atoms with E-state index in [0.717, 1.165) is 0 Å². The van der Waals surface area contributed by atoms with Crippen LogP contribution < -0.4 is 5.32 Å². The molecule has 0 aliphatic carbocycles. The van der Waals surface area contributed by atoms with Crippen LogP contribution in [0.25, 0.3) is 10.9 Å². The molecule has 0 aliphatic heterocycles. The molecule has 19 heavy (non-hydrogen) atoms. The zero-order chi connectivity index (χ0) is 14.4. The van der Waals surface area contributed by atoms with Crippen molar-refractivity contribution >= 4 is 39.8 Å². The Labute approximate surface area is 117 Å². The molecule has 0 saturated heterocycles. The van der Waals surface area contributed by atoms with Crippen LogP contribution in [0.5, 0.6) is 0 Å². The summed E-state index contributed by atoms with van der Waals surface area (Å²) in [4.78, 5) is 3.63. The van der Waals surface area contributed by atoms with Crippen LogP contribution >= 0.6 is 23.2 Å². The van der Waals surface area contributed by atoms with E-state index in [4.69, 9.17) is 23.2 Å². The van der Waals surface area contributed by atoms with E-state index >= 15 is 0 Å². The SMILES string of the molecule is CNc1c(C)c(C(F)(F)F)nc2c(Cl)ccc(Cl)c12. The lowest BCUT2D eigenvalue weighted by atomic mass is 10.1. The van der Waals surface area contributed by atoms with E-state index in [-0.39, 0.29) is 21.8 Å². The number of hydrogen-bond donors (Lipinski definition) is 1. The highest BCUT2D eigenvalue weighted by Crippen LogP contribution is 2.41. The summed E-state index contributed by atoms with van der Waals surface area (Å²) in [7, 11) is 1.53. The molecule has 0 radical (unpaired) electrons. The number of rotatable bonds is 1. The summed E-state index contributed by atoms with van der Waals surface area (Å²) >= 11 is 11.9. The van der Waals surface area contributed by atoms with E-state index < -0.39 is 11.9 Å². The van der Waals surface area contributed by atoms with E-state index in [1.54, 1.807) is 0 Å². The molecular weight excluding hydrogens is 300 g/mol. The monoisotopic (exact) mass is 308 g/mol. The number of benzene rings is 1. The fourth-order valence-corrected chi connectivity index (χ4v) is 2.43. The summed E-state index contributed by atoms with van der Waals surface area (Å²) in [6.07, 6.45) is -4.55. The number of aromatic nitrogens is 1. The normalized spacial score (nSPS) is 11.9. The van der Waals surface area contributed by atoms with Crippen LogP contribution in [0.3, 0.4) is 0 Å². The van der Waals surface area contributed by atoms with Crippen molar-refractivity contribution in [2.45, 2.75) is 13.1 Å². The average Bonchev–Trinajstić information content (AvgIpc) is 2.32. The minimum Gasteiger partial charge on any atom is -0.387 e. The zero-order valence-corrected chi connectivity index (χ0v) is 11.5. The van der Waals surface area contributed by atoms with Gasteiger partial charge in [-0.25, -0.2) is 4.98 Å². The number of nitrogens with one attached hydrogen (secondary N) is 1. The third kappa shape index (κ3) is 2.32. The number of anilines is 1. The van der Waals surface area contributed by atoms with E-state index in [2.05, 4.69) is 10.3 Å². The largest absolute Gasteiger partial charge is 0.433 e. The summed E-state index contributed by atoms with van der Waals surface area (Å²) in [5.74, 6) is 0. The lowest BCUT2D eigenvalue weighted by Crippen LogP contribution is -2.13. The van der Waals surface area contributed by atoms with Gasteiger partial charge in [-0.05, 0) is 19.1 Å². The summed E-state index contributed by atoms with van der Waals surface area (Å²) in [5, 5.41) is 3.55. The number of hydrogen-bond acceptors (Lipinski definition) is 2. The van der Waals surface area contributed by atoms with E-state index in [1.165, 1.54) is 26.1 Å². The molecule has 1 heterocycles. The fraction of sp³-hybridized carbons (Fsp3) is 0.250. The minimum atomic E-state index is -4.55. The first kappa shape index (κ1) is 14.2. The van der Waals surface area contributed by atoms with Gasteiger partial charge in [-0.2, -0.15) is 13.2 Å². The molecule has 2 rings (SSSR count). The molecule has 0 spiro atoms. The van der Waals surface area contributed by atoms with E-state index in [1.807, 2.05) is 0 Å². The predicted molar refractivity (Wildman–Crippen MR) is 71.0 cm³/mol. The lowest BCUT2D eigenvalue weighted by Gasteiger charge is -2.17. The van der Waals surface area contributed by atoms with Gasteiger partial charge in [0.15, 0.2) is 0 Å². The number of halogens is 5. The molecule has 1 aromatic carbocycles. The molecule has 2 aromatic rings. The van der Waals surface area contributed by atoms with Crippen molar-refractivity contribution in [2.75, 3.05) is 12.4 Å². The summed E-state index contributed by atoms with van der Waals surface area (Å²) in [5.41, 5.74) is -0.651. The predicted octanol–water partition coefficient (Wildman–Crippen LogP) is 4.91. The van der Waals surface area contributed by atoms with Crippen molar-refractivity contribution in [3.05, 3.63) is 33.4 Å². The summed E-state index contributed by atoms with van der Waals surface area (Å²) in [6.45, 7) is 1.35. The average molecular weight is 309 g/mol. The Balaban J connectivity index is 2.99. The van der Waals surface area contributed by atoms with Crippen molar-refractivity contribution in [1.29, 1.82) is 0 Å². The minimum absolute atomic E-state index is 0.00772. The molecule has 0 amide bonds. The van der Waals surface area contributed by atoms with Crippen LogP contribution in [0.4, 0.5) is 18.9 Å². The van der Waals surface area contributed by atoms with Crippen LogP contribution in [-0.4, -0.2) is 12.0 Å². The van der Waals surface area contributed by atoms with E-state index in [9.17, 15) is 13.2 Å². The molecule has 0 saturated carbocycles. The summed E-state index contributed by atoms with van der Waals surface area (Å²) in [6, 6.07) is 2.95. The van der Waals surface area contributed by atoms with Gasteiger partial charge in [0.1, 0.15) is 5.69 Å². The second kappa shape index (κ2) is 4.72. The second-order valence-corrected chi connectivity index (χ2v) is 4.78. The molecule has 2 nitrogen and oxygen atoms in total. The molecule has 0 bridgehead atoms. The van der Waals surface area contributed by atoms with Gasteiger partial charge in [-0.1, -0.05) is 23.2 Å². The standard InChI is InChI=1S/C12H9Cl2F3N2/c1-5-9(18-2)8-6(13)3-4-7(14)10(8)19-11(5)12(15,16)17/h3-4H,1-2H3,(H,18,19). The van der Waals surface area contributed by atoms with Gasteiger partial charge >= 0.3 is 6.18 Å². The van der Waals surface area contributed by atoms with Gasteiger partial charge in [0.05, 0.1) is 15.6 Å². The molecule has 1 N–H and O–H groups in total. The maximum atomic E-state index is 13.0. The van der Waals surface area contributed by atoms with Crippen molar-refractivity contribution in [2.24, 2.45) is 0 Å². The number of pyridine rings is 1. The third-order valence-electron chi connectivity index (χ3n) is 2.80. The van der Waals surface area contributed by atoms with Crippen molar-refractivity contribution < 1.29 is 13.2 Å². The molecule has 0 unspecified atom stereocenters. The fourth-order valence-electron chi connectivity index (χ4n) is 1.98. The Morgan fingerprint density at radius 3 is 2.26 bits per heavy atom. The Hall–Kier alpha value is -1.20. The number of alkyl halides is 3. The molecule has 7 heteroatoms. The van der Waals surface area contributed by atoms with Crippen molar-refractivity contribution in [1.82, 2.24) is 4.98 Å². The van der Waals surface area contributed by atoms with Crippen molar-refractivity contribution in [3.63, 3.8) is 0 Å². The Morgan fingerprint density at radius 2 is 1.74 bits per heavy atom. The molecule has 1 aromatic heterocycles. The highest BCUT2D eigenvalue weighted by molar-refractivity contribution is 6.40. The molecule has 102 valence electrons. The van der Waals surface area contributed by atoms with Crippen molar-refractivity contribution in [3.8, 4) is 0 Å². The van der Waals surface area contributed by atoms with E-state index in [0.29, 0.717) is 10.4 Å². The Morgan fingerprint density at radius 1 is 1.16 bits per heavy atom. The number of nitrogens with zero attached hydrogens (tertiary/aromatic N) is 1. The third-order valence-corrected chi connectivity index (χ3v) is 3.42. The Kier molecular flexibility index (Phi) is 3.53. The van der Waals surface area contributed by atoms with Gasteiger partial charge in [0.25, 0.3) is 0 Å². The van der Waals surface area contributed by atoms with Crippen LogP contribution in [-0.2, 0) is 6.18 Å². The topological polar surface area (TPSA) is 24.9 Å².